The molecule has 2 aromatic carbocycles. The number of aromatic nitrogens is 2. The largest absolute Gasteiger partial charge is 0.486 e. The maximum atomic E-state index is 12.5. The SMILES string of the molecule is COC(=O)c1ccccc1Cn1cc(NC(=O)c2ccc(COc3ccc([N+](=O)[O-])cc3)o2)cn1. The van der Waals surface area contributed by atoms with Crippen LogP contribution in [0, 0.1) is 10.1 Å². The molecular weight excluding hydrogens is 456 g/mol. The third kappa shape index (κ3) is 5.71. The van der Waals surface area contributed by atoms with Gasteiger partial charge in [-0.05, 0) is 35.9 Å². The lowest BCUT2D eigenvalue weighted by atomic mass is 10.1. The highest BCUT2D eigenvalue weighted by Gasteiger charge is 2.15. The van der Waals surface area contributed by atoms with Gasteiger partial charge >= 0.3 is 5.97 Å². The zero-order valence-corrected chi connectivity index (χ0v) is 18.5. The molecule has 0 bridgehead atoms. The number of hydrogen-bond acceptors (Lipinski definition) is 8. The maximum absolute atomic E-state index is 12.5. The van der Waals surface area contributed by atoms with Gasteiger partial charge in [0, 0.05) is 18.3 Å². The fraction of sp³-hybridized carbons (Fsp3) is 0.125. The minimum atomic E-state index is -0.494. The van der Waals surface area contributed by atoms with Gasteiger partial charge < -0.3 is 19.2 Å². The topological polar surface area (TPSA) is 139 Å². The first-order chi connectivity index (χ1) is 16.9. The summed E-state index contributed by atoms with van der Waals surface area (Å²) >= 11 is 0. The molecule has 1 amide bonds. The van der Waals surface area contributed by atoms with E-state index in [1.807, 2.05) is 6.07 Å². The number of nitrogens with one attached hydrogen (secondary N) is 1. The molecule has 0 radical (unpaired) electrons. The van der Waals surface area contributed by atoms with Crippen LogP contribution < -0.4 is 10.1 Å². The number of carbonyl (C=O) groups excluding carboxylic acids is 2. The Labute approximate surface area is 199 Å². The number of benzene rings is 2. The summed E-state index contributed by atoms with van der Waals surface area (Å²) in [4.78, 5) is 34.7. The molecule has 0 saturated carbocycles. The molecule has 2 aromatic heterocycles. The second-order valence-corrected chi connectivity index (χ2v) is 7.34. The van der Waals surface area contributed by atoms with Crippen molar-refractivity contribution in [2.45, 2.75) is 13.2 Å². The Morgan fingerprint density at radius 1 is 1.11 bits per heavy atom. The molecular formula is C24H20N4O7. The lowest BCUT2D eigenvalue weighted by Gasteiger charge is -2.07. The Morgan fingerprint density at radius 3 is 2.63 bits per heavy atom. The van der Waals surface area contributed by atoms with E-state index < -0.39 is 16.8 Å². The maximum Gasteiger partial charge on any atom is 0.338 e. The first-order valence-electron chi connectivity index (χ1n) is 10.4. The number of anilines is 1. The number of nitro groups is 1. The Morgan fingerprint density at radius 2 is 1.89 bits per heavy atom. The Balaban J connectivity index is 1.34. The molecule has 0 aliphatic rings. The number of nitro benzene ring substituents is 1. The predicted molar refractivity (Wildman–Crippen MR) is 123 cm³/mol. The molecule has 2 heterocycles. The number of nitrogens with zero attached hydrogens (tertiary/aromatic N) is 3. The Bertz CT molecular complexity index is 1360. The number of hydrogen-bond donors (Lipinski definition) is 1. The Hall–Kier alpha value is -4.93. The van der Waals surface area contributed by atoms with Crippen LogP contribution in [-0.4, -0.2) is 33.7 Å². The van der Waals surface area contributed by atoms with Crippen molar-refractivity contribution < 1.29 is 28.4 Å². The summed E-state index contributed by atoms with van der Waals surface area (Å²) in [6.45, 7) is 0.356. The molecule has 0 atom stereocenters. The summed E-state index contributed by atoms with van der Waals surface area (Å²) in [7, 11) is 1.32. The highest BCUT2D eigenvalue weighted by molar-refractivity contribution is 6.02. The van der Waals surface area contributed by atoms with Gasteiger partial charge in [0.2, 0.25) is 0 Å². The van der Waals surface area contributed by atoms with E-state index >= 15 is 0 Å². The summed E-state index contributed by atoms with van der Waals surface area (Å²) in [5.41, 5.74) is 1.58. The minimum Gasteiger partial charge on any atom is -0.486 e. The van der Waals surface area contributed by atoms with Gasteiger partial charge in [-0.25, -0.2) is 4.79 Å². The number of non-ortho nitro benzene ring substituents is 1. The van der Waals surface area contributed by atoms with E-state index in [9.17, 15) is 19.7 Å². The molecule has 4 rings (SSSR count). The van der Waals surface area contributed by atoms with Crippen molar-refractivity contribution in [3.05, 3.63) is 106 Å². The monoisotopic (exact) mass is 476 g/mol. The van der Waals surface area contributed by atoms with Crippen LogP contribution in [0.1, 0.15) is 32.2 Å². The van der Waals surface area contributed by atoms with Crippen molar-refractivity contribution >= 4 is 23.3 Å². The van der Waals surface area contributed by atoms with Gasteiger partial charge in [-0.3, -0.25) is 19.6 Å². The van der Waals surface area contributed by atoms with Gasteiger partial charge in [-0.1, -0.05) is 18.2 Å². The van der Waals surface area contributed by atoms with Crippen molar-refractivity contribution in [1.82, 2.24) is 9.78 Å². The summed E-state index contributed by atoms with van der Waals surface area (Å²) in [6.07, 6.45) is 3.12. The molecule has 0 saturated heterocycles. The highest BCUT2D eigenvalue weighted by Crippen LogP contribution is 2.20. The minimum absolute atomic E-state index is 0.0368. The second-order valence-electron chi connectivity index (χ2n) is 7.34. The van der Waals surface area contributed by atoms with Crippen LogP contribution in [0.25, 0.3) is 0 Å². The van der Waals surface area contributed by atoms with E-state index in [1.54, 1.807) is 35.1 Å². The lowest BCUT2D eigenvalue weighted by molar-refractivity contribution is -0.384. The molecule has 178 valence electrons. The molecule has 11 nitrogen and oxygen atoms in total. The molecule has 4 aromatic rings. The van der Waals surface area contributed by atoms with E-state index in [1.165, 1.54) is 43.6 Å². The molecule has 0 unspecified atom stereocenters. The molecule has 1 N–H and O–H groups in total. The number of amides is 1. The zero-order valence-electron chi connectivity index (χ0n) is 18.5. The highest BCUT2D eigenvalue weighted by atomic mass is 16.6. The van der Waals surface area contributed by atoms with Gasteiger partial charge in [0.25, 0.3) is 11.6 Å². The van der Waals surface area contributed by atoms with Crippen molar-refractivity contribution in [3.63, 3.8) is 0 Å². The number of carbonyl (C=O) groups is 2. The van der Waals surface area contributed by atoms with Crippen molar-refractivity contribution in [2.75, 3.05) is 12.4 Å². The zero-order chi connectivity index (χ0) is 24.8. The molecule has 0 spiro atoms. The van der Waals surface area contributed by atoms with Gasteiger partial charge in [0.05, 0.1) is 36.0 Å². The van der Waals surface area contributed by atoms with Crippen LogP contribution >= 0.6 is 0 Å². The first-order valence-corrected chi connectivity index (χ1v) is 10.4. The smallest absolute Gasteiger partial charge is 0.338 e. The Kier molecular flexibility index (Phi) is 6.86. The summed E-state index contributed by atoms with van der Waals surface area (Å²) < 4.78 is 17.5. The average molecular weight is 476 g/mol. The fourth-order valence-electron chi connectivity index (χ4n) is 3.25. The van der Waals surface area contributed by atoms with Gasteiger partial charge in [-0.2, -0.15) is 5.10 Å². The lowest BCUT2D eigenvalue weighted by Crippen LogP contribution is -2.11. The van der Waals surface area contributed by atoms with E-state index in [-0.39, 0.29) is 18.1 Å². The van der Waals surface area contributed by atoms with Gasteiger partial charge in [-0.15, -0.1) is 0 Å². The second kappa shape index (κ2) is 10.3. The van der Waals surface area contributed by atoms with E-state index in [0.717, 1.165) is 5.56 Å². The average Bonchev–Trinajstić information content (AvgIpc) is 3.52. The van der Waals surface area contributed by atoms with Crippen molar-refractivity contribution in [1.29, 1.82) is 0 Å². The third-order valence-corrected chi connectivity index (χ3v) is 4.96. The summed E-state index contributed by atoms with van der Waals surface area (Å²) in [5.74, 6) is 0.00690. The van der Waals surface area contributed by atoms with Crippen LogP contribution in [0.2, 0.25) is 0 Å². The molecule has 0 fully saturated rings. The van der Waals surface area contributed by atoms with Gasteiger partial charge in [0.1, 0.15) is 18.1 Å². The fourth-order valence-corrected chi connectivity index (χ4v) is 3.25. The van der Waals surface area contributed by atoms with Crippen molar-refractivity contribution in [3.8, 4) is 5.75 Å². The van der Waals surface area contributed by atoms with E-state index in [0.29, 0.717) is 29.3 Å². The predicted octanol–water partition coefficient (Wildman–Crippen LogP) is 4.05. The normalized spacial score (nSPS) is 10.5. The van der Waals surface area contributed by atoms with E-state index in [4.69, 9.17) is 13.9 Å². The molecule has 0 aliphatic carbocycles. The summed E-state index contributed by atoms with van der Waals surface area (Å²) in [6, 6.07) is 15.8. The first kappa shape index (κ1) is 23.2. The van der Waals surface area contributed by atoms with Crippen LogP contribution in [-0.2, 0) is 17.9 Å². The standard InChI is InChI=1S/C24H20N4O7/c1-33-24(30)21-5-3-2-4-16(21)13-27-14-17(12-25-27)26-23(29)22-11-10-20(35-22)15-34-19-8-6-18(7-9-19)28(31)32/h2-12,14H,13,15H2,1H3,(H,26,29). The number of furan rings is 1. The molecule has 11 heteroatoms. The summed E-state index contributed by atoms with van der Waals surface area (Å²) in [5, 5.41) is 17.6. The number of methoxy groups -OCH3 is 1. The number of esters is 1. The van der Waals surface area contributed by atoms with Gasteiger partial charge in [0.15, 0.2) is 5.76 Å². The van der Waals surface area contributed by atoms with Crippen LogP contribution in [0.15, 0.2) is 77.5 Å². The molecule has 35 heavy (non-hydrogen) atoms. The van der Waals surface area contributed by atoms with Crippen LogP contribution in [0.3, 0.4) is 0 Å². The van der Waals surface area contributed by atoms with Crippen LogP contribution in [0.5, 0.6) is 5.75 Å². The molecule has 0 aliphatic heterocycles. The van der Waals surface area contributed by atoms with Crippen molar-refractivity contribution in [2.24, 2.45) is 0 Å². The number of rotatable bonds is 9. The quantitative estimate of drug-likeness (QED) is 0.217. The van der Waals surface area contributed by atoms with Crippen LogP contribution in [0.4, 0.5) is 11.4 Å². The number of ether oxygens (including phenoxy) is 2. The van der Waals surface area contributed by atoms with E-state index in [2.05, 4.69) is 10.4 Å². The third-order valence-electron chi connectivity index (χ3n) is 4.96.